The highest BCUT2D eigenvalue weighted by molar-refractivity contribution is 5.90. The van der Waals surface area contributed by atoms with Crippen molar-refractivity contribution in [2.75, 3.05) is 24.5 Å². The topological polar surface area (TPSA) is 49.9 Å². The predicted molar refractivity (Wildman–Crippen MR) is 117 cm³/mol. The summed E-state index contributed by atoms with van der Waals surface area (Å²) < 4.78 is 5.69. The van der Waals surface area contributed by atoms with Crippen LogP contribution in [0.3, 0.4) is 0 Å². The summed E-state index contributed by atoms with van der Waals surface area (Å²) in [5, 5.41) is 0. The van der Waals surface area contributed by atoms with Crippen molar-refractivity contribution in [1.82, 2.24) is 4.90 Å². The lowest BCUT2D eigenvalue weighted by Gasteiger charge is -2.48. The molecular weight excluding hydrogens is 364 g/mol. The van der Waals surface area contributed by atoms with E-state index in [0.29, 0.717) is 6.54 Å². The molecular formula is C24H36N2O3. The Morgan fingerprint density at radius 2 is 1.55 bits per heavy atom. The molecule has 160 valence electrons. The van der Waals surface area contributed by atoms with E-state index >= 15 is 0 Å². The van der Waals surface area contributed by atoms with Crippen LogP contribution in [0.5, 0.6) is 0 Å². The van der Waals surface area contributed by atoms with Crippen LogP contribution in [0.1, 0.15) is 78.9 Å². The van der Waals surface area contributed by atoms with Gasteiger partial charge in [-0.05, 0) is 62.6 Å². The molecule has 2 heterocycles. The highest BCUT2D eigenvalue weighted by Gasteiger charge is 2.44. The van der Waals surface area contributed by atoms with E-state index in [9.17, 15) is 9.59 Å². The first-order valence-corrected chi connectivity index (χ1v) is 10.7. The van der Waals surface area contributed by atoms with Crippen LogP contribution >= 0.6 is 0 Å². The van der Waals surface area contributed by atoms with Gasteiger partial charge in [-0.25, -0.2) is 4.79 Å². The van der Waals surface area contributed by atoms with E-state index in [-0.39, 0.29) is 22.8 Å². The lowest BCUT2D eigenvalue weighted by atomic mass is 9.67. The second kappa shape index (κ2) is 7.33. The number of amides is 2. The Morgan fingerprint density at radius 1 is 0.966 bits per heavy atom. The van der Waals surface area contributed by atoms with Crippen molar-refractivity contribution in [2.24, 2.45) is 0 Å². The second-order valence-electron chi connectivity index (χ2n) is 10.7. The van der Waals surface area contributed by atoms with Crippen LogP contribution < -0.4 is 4.90 Å². The first-order valence-electron chi connectivity index (χ1n) is 10.7. The van der Waals surface area contributed by atoms with Crippen LogP contribution in [0, 0.1) is 0 Å². The fourth-order valence-corrected chi connectivity index (χ4v) is 4.52. The third kappa shape index (κ3) is 4.44. The van der Waals surface area contributed by atoms with E-state index in [2.05, 4.69) is 39.0 Å². The van der Waals surface area contributed by atoms with Crippen molar-refractivity contribution >= 4 is 17.7 Å². The van der Waals surface area contributed by atoms with E-state index in [1.807, 2.05) is 25.7 Å². The SMILES string of the molecule is CC(=O)N1CCC2(CC1)CCN(C(=O)OC(C)(C)C)c1ccc(C(C)(C)C)cc12. The summed E-state index contributed by atoms with van der Waals surface area (Å²) in [5.41, 5.74) is 3.01. The Kier molecular flexibility index (Phi) is 5.48. The number of piperidine rings is 1. The summed E-state index contributed by atoms with van der Waals surface area (Å²) in [5.74, 6) is 0.148. The second-order valence-corrected chi connectivity index (χ2v) is 10.7. The van der Waals surface area contributed by atoms with Gasteiger partial charge in [-0.1, -0.05) is 32.9 Å². The Morgan fingerprint density at radius 3 is 2.07 bits per heavy atom. The van der Waals surface area contributed by atoms with E-state index in [0.717, 1.165) is 38.0 Å². The summed E-state index contributed by atoms with van der Waals surface area (Å²) in [4.78, 5) is 28.5. The van der Waals surface area contributed by atoms with Gasteiger partial charge in [-0.2, -0.15) is 0 Å². The number of nitrogens with zero attached hydrogens (tertiary/aromatic N) is 2. The zero-order valence-electron chi connectivity index (χ0n) is 19.1. The van der Waals surface area contributed by atoms with Crippen LogP contribution in [-0.4, -0.2) is 42.1 Å². The van der Waals surface area contributed by atoms with E-state index in [1.165, 1.54) is 11.1 Å². The third-order valence-electron chi connectivity index (χ3n) is 6.32. The molecule has 0 aromatic heterocycles. The number of hydrogen-bond donors (Lipinski definition) is 0. The molecule has 1 saturated heterocycles. The van der Waals surface area contributed by atoms with Gasteiger partial charge < -0.3 is 9.64 Å². The average Bonchev–Trinajstić information content (AvgIpc) is 2.60. The van der Waals surface area contributed by atoms with Crippen LogP contribution in [-0.2, 0) is 20.4 Å². The van der Waals surface area contributed by atoms with Crippen molar-refractivity contribution < 1.29 is 14.3 Å². The lowest BCUT2D eigenvalue weighted by Crippen LogP contribution is -2.50. The maximum atomic E-state index is 12.9. The summed E-state index contributed by atoms with van der Waals surface area (Å²) in [7, 11) is 0. The smallest absolute Gasteiger partial charge is 0.414 e. The van der Waals surface area contributed by atoms with Crippen LogP contribution in [0.15, 0.2) is 18.2 Å². The van der Waals surface area contributed by atoms with Gasteiger partial charge in [0, 0.05) is 32.0 Å². The standard InChI is InChI=1S/C24H36N2O3/c1-17(27)25-13-10-24(11-14-25)12-15-26(21(28)29-23(5,6)7)20-9-8-18(16-19(20)24)22(2,3)4/h8-9,16H,10-15H2,1-7H3. The Labute approximate surface area is 175 Å². The number of carbonyl (C=O) groups excluding carboxylic acids is 2. The predicted octanol–water partition coefficient (Wildman–Crippen LogP) is 5.01. The molecule has 29 heavy (non-hydrogen) atoms. The minimum atomic E-state index is -0.523. The Hall–Kier alpha value is -2.04. The normalized spacial score (nSPS) is 19.1. The molecule has 1 aromatic rings. The molecule has 0 bridgehead atoms. The molecule has 0 aliphatic carbocycles. The van der Waals surface area contributed by atoms with Gasteiger partial charge in [0.15, 0.2) is 0 Å². The van der Waals surface area contributed by atoms with Crippen molar-refractivity contribution in [2.45, 2.75) is 84.2 Å². The number of ether oxygens (including phenoxy) is 1. The highest BCUT2D eigenvalue weighted by atomic mass is 16.6. The summed E-state index contributed by atoms with van der Waals surface area (Å²) in [6, 6.07) is 6.54. The van der Waals surface area contributed by atoms with Crippen LogP contribution in [0.2, 0.25) is 0 Å². The van der Waals surface area contributed by atoms with Gasteiger partial charge in [0.2, 0.25) is 5.91 Å². The van der Waals surface area contributed by atoms with Crippen LogP contribution in [0.4, 0.5) is 10.5 Å². The zero-order valence-corrected chi connectivity index (χ0v) is 19.1. The summed E-state index contributed by atoms with van der Waals surface area (Å²) in [6.07, 6.45) is 2.50. The molecule has 2 amide bonds. The number of benzene rings is 1. The molecule has 0 saturated carbocycles. The largest absolute Gasteiger partial charge is 0.443 e. The molecule has 0 radical (unpaired) electrons. The molecule has 3 rings (SSSR count). The molecule has 0 atom stereocenters. The summed E-state index contributed by atoms with van der Waals surface area (Å²) in [6.45, 7) is 16.2. The zero-order chi connectivity index (χ0) is 21.6. The van der Waals surface area contributed by atoms with Gasteiger partial charge in [0.25, 0.3) is 0 Å². The van der Waals surface area contributed by atoms with Crippen molar-refractivity contribution in [3.05, 3.63) is 29.3 Å². The molecule has 1 spiro atoms. The molecule has 5 nitrogen and oxygen atoms in total. The molecule has 2 aliphatic heterocycles. The maximum absolute atomic E-state index is 12.9. The molecule has 5 heteroatoms. The minimum absolute atomic E-state index is 0.0149. The first-order chi connectivity index (χ1) is 13.3. The van der Waals surface area contributed by atoms with Gasteiger partial charge >= 0.3 is 6.09 Å². The maximum Gasteiger partial charge on any atom is 0.414 e. The number of hydrogen-bond acceptors (Lipinski definition) is 3. The van der Waals surface area contributed by atoms with E-state index < -0.39 is 5.60 Å². The van der Waals surface area contributed by atoms with Crippen molar-refractivity contribution in [3.8, 4) is 0 Å². The van der Waals surface area contributed by atoms with Gasteiger partial charge in [0.1, 0.15) is 5.60 Å². The fraction of sp³-hybridized carbons (Fsp3) is 0.667. The van der Waals surface area contributed by atoms with Gasteiger partial charge in [0.05, 0.1) is 5.69 Å². The Bertz CT molecular complexity index is 793. The lowest BCUT2D eigenvalue weighted by molar-refractivity contribution is -0.130. The van der Waals surface area contributed by atoms with E-state index in [1.54, 1.807) is 11.8 Å². The van der Waals surface area contributed by atoms with Gasteiger partial charge in [-0.15, -0.1) is 0 Å². The van der Waals surface area contributed by atoms with E-state index in [4.69, 9.17) is 4.74 Å². The van der Waals surface area contributed by atoms with Crippen molar-refractivity contribution in [3.63, 3.8) is 0 Å². The molecule has 1 aromatic carbocycles. The monoisotopic (exact) mass is 400 g/mol. The molecule has 1 fully saturated rings. The summed E-state index contributed by atoms with van der Waals surface area (Å²) >= 11 is 0. The molecule has 0 N–H and O–H groups in total. The number of likely N-dealkylation sites (tertiary alicyclic amines) is 1. The molecule has 2 aliphatic rings. The minimum Gasteiger partial charge on any atom is -0.443 e. The fourth-order valence-electron chi connectivity index (χ4n) is 4.52. The van der Waals surface area contributed by atoms with Crippen LogP contribution in [0.25, 0.3) is 0 Å². The number of anilines is 1. The van der Waals surface area contributed by atoms with Gasteiger partial charge in [-0.3, -0.25) is 9.69 Å². The third-order valence-corrected chi connectivity index (χ3v) is 6.32. The Balaban J connectivity index is 2.01. The molecule has 0 unspecified atom stereocenters. The number of rotatable bonds is 0. The quantitative estimate of drug-likeness (QED) is 0.615. The first kappa shape index (κ1) is 21.7. The number of carbonyl (C=O) groups is 2. The van der Waals surface area contributed by atoms with Crippen molar-refractivity contribution in [1.29, 1.82) is 0 Å². The number of fused-ring (bicyclic) bond motifs is 2. The highest BCUT2D eigenvalue weighted by Crippen LogP contribution is 2.48. The average molecular weight is 401 g/mol.